The third kappa shape index (κ3) is 5.46. The Balaban J connectivity index is 1.50. The number of nitrogens with one attached hydrogen (secondary N) is 1. The molecule has 0 spiro atoms. The summed E-state index contributed by atoms with van der Waals surface area (Å²) in [6.07, 6.45) is 6.89. The molecule has 0 amide bonds. The number of hydrogen-bond donors (Lipinski definition) is 4. The normalized spacial score (nSPS) is 25.7. The van der Waals surface area contributed by atoms with Gasteiger partial charge in [0.2, 0.25) is 5.76 Å². The van der Waals surface area contributed by atoms with Gasteiger partial charge in [0, 0.05) is 54.1 Å². The molecule has 4 N–H and O–H groups in total. The Morgan fingerprint density at radius 3 is 2.78 bits per heavy atom. The number of carbonyl (C=O) groups excluding carboxylic acids is 3. The highest BCUT2D eigenvalue weighted by molar-refractivity contribution is 6.11. The molecule has 1 saturated carbocycles. The largest absolute Gasteiger partial charge is 0.492 e. The van der Waals surface area contributed by atoms with Gasteiger partial charge in [-0.3, -0.25) is 9.59 Å². The Kier molecular flexibility index (Phi) is 8.68. The van der Waals surface area contributed by atoms with Crippen molar-refractivity contribution in [3.05, 3.63) is 81.8 Å². The predicted octanol–water partition coefficient (Wildman–Crippen LogP) is 4.68. The van der Waals surface area contributed by atoms with Crippen LogP contribution < -0.4 is 14.2 Å². The SMILES string of the molecule is CCOC(=O)C1=C(C=O)C(=C2CCC(=O)C(c3ccc4[nH]ccc4c3)C2)c2c(c(CO)c3c(c2OCCCO)C2C=CCC(C)(O)C2O3)O1. The van der Waals surface area contributed by atoms with E-state index >= 15 is 0 Å². The van der Waals surface area contributed by atoms with Gasteiger partial charge in [-0.2, -0.15) is 0 Å². The van der Waals surface area contributed by atoms with Crippen molar-refractivity contribution in [2.24, 2.45) is 0 Å². The van der Waals surface area contributed by atoms with Crippen LogP contribution in [0.3, 0.4) is 0 Å². The molecule has 4 unspecified atom stereocenters. The van der Waals surface area contributed by atoms with Crippen LogP contribution in [0, 0.1) is 0 Å². The van der Waals surface area contributed by atoms with Crippen LogP contribution in [0.5, 0.6) is 17.2 Å². The molecule has 11 heteroatoms. The summed E-state index contributed by atoms with van der Waals surface area (Å²) in [5, 5.41) is 32.9. The fourth-order valence-corrected chi connectivity index (χ4v) is 7.66. The van der Waals surface area contributed by atoms with Crippen molar-refractivity contribution in [1.29, 1.82) is 0 Å². The van der Waals surface area contributed by atoms with Gasteiger partial charge in [-0.1, -0.05) is 23.8 Å². The first-order chi connectivity index (χ1) is 23.7. The van der Waals surface area contributed by atoms with Gasteiger partial charge in [0.15, 0.2) is 6.29 Å². The van der Waals surface area contributed by atoms with Crippen LogP contribution in [-0.4, -0.2) is 69.9 Å². The quantitative estimate of drug-likeness (QED) is 0.109. The van der Waals surface area contributed by atoms with Crippen molar-refractivity contribution in [3.63, 3.8) is 0 Å². The molecule has 4 atom stereocenters. The van der Waals surface area contributed by atoms with Crippen molar-refractivity contribution in [2.75, 3.05) is 19.8 Å². The van der Waals surface area contributed by atoms with E-state index in [4.69, 9.17) is 18.9 Å². The maximum atomic E-state index is 13.5. The number of aliphatic hydroxyl groups excluding tert-OH is 2. The number of aromatic amines is 1. The van der Waals surface area contributed by atoms with E-state index in [-0.39, 0.29) is 66.8 Å². The summed E-state index contributed by atoms with van der Waals surface area (Å²) < 4.78 is 24.5. The van der Waals surface area contributed by atoms with Gasteiger partial charge in [0.25, 0.3) is 0 Å². The maximum Gasteiger partial charge on any atom is 0.375 e. The molecule has 256 valence electrons. The lowest BCUT2D eigenvalue weighted by atomic mass is 9.74. The monoisotopic (exact) mass is 669 g/mol. The van der Waals surface area contributed by atoms with E-state index < -0.39 is 36.1 Å². The van der Waals surface area contributed by atoms with Crippen molar-refractivity contribution >= 4 is 34.5 Å². The molecule has 11 nitrogen and oxygen atoms in total. The van der Waals surface area contributed by atoms with E-state index in [9.17, 15) is 29.7 Å². The van der Waals surface area contributed by atoms with Gasteiger partial charge >= 0.3 is 5.97 Å². The summed E-state index contributed by atoms with van der Waals surface area (Å²) in [7, 11) is 0. The zero-order chi connectivity index (χ0) is 34.4. The molecule has 1 aromatic heterocycles. The minimum absolute atomic E-state index is 0.0231. The van der Waals surface area contributed by atoms with Crippen molar-refractivity contribution in [2.45, 2.75) is 76.1 Å². The second-order valence-corrected chi connectivity index (χ2v) is 13.1. The highest BCUT2D eigenvalue weighted by Gasteiger charge is 2.51. The summed E-state index contributed by atoms with van der Waals surface area (Å²) in [5.74, 6) is -1.50. The van der Waals surface area contributed by atoms with Crippen LogP contribution in [0.15, 0.2) is 59.5 Å². The first kappa shape index (κ1) is 32.8. The lowest BCUT2D eigenvalue weighted by Gasteiger charge is -2.34. The van der Waals surface area contributed by atoms with Gasteiger partial charge in [-0.15, -0.1) is 0 Å². The molecular formula is C38H39NO10. The third-order valence-electron chi connectivity index (χ3n) is 9.98. The zero-order valence-corrected chi connectivity index (χ0v) is 27.4. The fraction of sp³-hybridized carbons (Fsp3) is 0.395. The molecule has 7 rings (SSSR count). The second kappa shape index (κ2) is 13.0. The van der Waals surface area contributed by atoms with E-state index in [1.165, 1.54) is 0 Å². The number of carbonyl (C=O) groups is 3. The number of H-pyrrole nitrogens is 1. The Bertz CT molecular complexity index is 1950. The first-order valence-electron chi connectivity index (χ1n) is 16.7. The van der Waals surface area contributed by atoms with Gasteiger partial charge < -0.3 is 39.3 Å². The lowest BCUT2D eigenvalue weighted by Crippen LogP contribution is -2.45. The number of aliphatic hydroxyl groups is 3. The average Bonchev–Trinajstić information content (AvgIpc) is 3.73. The molecule has 0 radical (unpaired) electrons. The third-order valence-corrected chi connectivity index (χ3v) is 9.98. The number of allylic oxidation sites excluding steroid dienone is 3. The first-order valence-corrected chi connectivity index (χ1v) is 16.7. The van der Waals surface area contributed by atoms with Gasteiger partial charge in [0.1, 0.15) is 34.7 Å². The number of ketones is 1. The number of aldehydes is 1. The van der Waals surface area contributed by atoms with E-state index in [2.05, 4.69) is 4.98 Å². The van der Waals surface area contributed by atoms with E-state index in [0.29, 0.717) is 48.0 Å². The number of esters is 1. The highest BCUT2D eigenvalue weighted by Crippen LogP contribution is 2.60. The van der Waals surface area contributed by atoms with Crippen LogP contribution in [0.2, 0.25) is 0 Å². The number of benzene rings is 2. The van der Waals surface area contributed by atoms with Crippen LogP contribution >= 0.6 is 0 Å². The summed E-state index contributed by atoms with van der Waals surface area (Å²) in [5.41, 5.74) is 2.74. The minimum atomic E-state index is -1.25. The summed E-state index contributed by atoms with van der Waals surface area (Å²) in [4.78, 5) is 43.2. The average molecular weight is 670 g/mol. The topological polar surface area (TPSA) is 165 Å². The number of rotatable bonds is 9. The Hall–Kier alpha value is -4.71. The smallest absolute Gasteiger partial charge is 0.375 e. The summed E-state index contributed by atoms with van der Waals surface area (Å²) in [6, 6.07) is 7.79. The highest BCUT2D eigenvalue weighted by atomic mass is 16.6. The molecule has 3 aromatic rings. The molecule has 1 fully saturated rings. The van der Waals surface area contributed by atoms with E-state index in [0.717, 1.165) is 22.0 Å². The molecule has 49 heavy (non-hydrogen) atoms. The molecular weight excluding hydrogens is 630 g/mol. The van der Waals surface area contributed by atoms with Crippen molar-refractivity contribution < 1.29 is 48.7 Å². The second-order valence-electron chi connectivity index (χ2n) is 13.1. The van der Waals surface area contributed by atoms with Crippen LogP contribution in [-0.2, 0) is 25.7 Å². The van der Waals surface area contributed by atoms with Crippen LogP contribution in [0.1, 0.15) is 80.0 Å². The maximum absolute atomic E-state index is 13.5. The Morgan fingerprint density at radius 1 is 1.18 bits per heavy atom. The van der Waals surface area contributed by atoms with Crippen molar-refractivity contribution in [1.82, 2.24) is 4.98 Å². The van der Waals surface area contributed by atoms with Crippen LogP contribution in [0.4, 0.5) is 0 Å². The molecule has 2 aliphatic carbocycles. The lowest BCUT2D eigenvalue weighted by molar-refractivity contribution is -0.141. The molecule has 2 aliphatic heterocycles. The molecule has 4 aliphatic rings. The minimum Gasteiger partial charge on any atom is -0.492 e. The summed E-state index contributed by atoms with van der Waals surface area (Å²) >= 11 is 0. The Morgan fingerprint density at radius 2 is 2.02 bits per heavy atom. The molecule has 0 saturated heterocycles. The van der Waals surface area contributed by atoms with Crippen LogP contribution in [0.25, 0.3) is 16.5 Å². The zero-order valence-electron chi connectivity index (χ0n) is 27.4. The molecule has 3 heterocycles. The number of hydrogen-bond acceptors (Lipinski definition) is 10. The van der Waals surface area contributed by atoms with Crippen molar-refractivity contribution in [3.8, 4) is 17.2 Å². The van der Waals surface area contributed by atoms with E-state index in [1.807, 2.05) is 42.6 Å². The van der Waals surface area contributed by atoms with E-state index in [1.54, 1.807) is 13.8 Å². The molecule has 2 aromatic carbocycles. The Labute approximate surface area is 282 Å². The van der Waals surface area contributed by atoms with Gasteiger partial charge in [0.05, 0.1) is 36.5 Å². The number of Topliss-reactive ketones (excluding diaryl/α,β-unsaturated/α-hetero) is 1. The van der Waals surface area contributed by atoms with Gasteiger partial charge in [-0.05, 0) is 62.3 Å². The standard InChI is InChI=1S/C38H39NO10/c1-3-46-37(44)34-25(18-41)29(22-8-10-28(43)24(17-22)20-7-9-27-21(16-20)11-13-39-27)31-33(48-34)26(19-42)32-30(35(31)47-15-5-14-40)23-6-4-12-38(2,45)36(23)49-32/h4,6-7,9,11,13,16,18,23-24,36,39-40,42,45H,3,5,8,10,12,14-15,17,19H2,1-2H3. The predicted molar refractivity (Wildman–Crippen MR) is 178 cm³/mol. The number of fused-ring (bicyclic) bond motifs is 5. The van der Waals surface area contributed by atoms with Gasteiger partial charge in [-0.25, -0.2) is 4.79 Å². The fourth-order valence-electron chi connectivity index (χ4n) is 7.66. The summed E-state index contributed by atoms with van der Waals surface area (Å²) in [6.45, 7) is 2.75. The number of ether oxygens (including phenoxy) is 4. The molecule has 0 bridgehead atoms. The number of aromatic nitrogens is 1.